The molecule has 1 rings (SSSR count). The molecule has 1 heterocycles. The zero-order chi connectivity index (χ0) is 11.5. The van der Waals surface area contributed by atoms with Gasteiger partial charge in [-0.15, -0.1) is 0 Å². The lowest BCUT2D eigenvalue weighted by molar-refractivity contribution is 0.396. The molecular formula is C10H18N4O. The van der Waals surface area contributed by atoms with Crippen molar-refractivity contribution in [2.45, 2.75) is 26.3 Å². The van der Waals surface area contributed by atoms with Gasteiger partial charge >= 0.3 is 0 Å². The molecule has 0 bridgehead atoms. The maximum absolute atomic E-state index is 5.85. The monoisotopic (exact) mass is 210 g/mol. The Morgan fingerprint density at radius 2 is 2.13 bits per heavy atom. The van der Waals surface area contributed by atoms with Crippen LogP contribution < -0.4 is 15.8 Å². The molecule has 0 saturated carbocycles. The number of anilines is 1. The first-order chi connectivity index (χ1) is 6.90. The van der Waals surface area contributed by atoms with Crippen LogP contribution in [0, 0.1) is 6.92 Å². The number of rotatable bonds is 4. The molecule has 0 aliphatic rings. The molecule has 0 atom stereocenters. The van der Waals surface area contributed by atoms with Gasteiger partial charge in [0.15, 0.2) is 0 Å². The predicted octanol–water partition coefficient (Wildman–Crippen LogP) is 0.943. The average molecular weight is 210 g/mol. The van der Waals surface area contributed by atoms with Gasteiger partial charge < -0.3 is 15.8 Å². The highest BCUT2D eigenvalue weighted by molar-refractivity contribution is 5.38. The van der Waals surface area contributed by atoms with E-state index in [0.29, 0.717) is 18.2 Å². The van der Waals surface area contributed by atoms with Crippen molar-refractivity contribution in [2.24, 2.45) is 5.73 Å². The summed E-state index contributed by atoms with van der Waals surface area (Å²) < 4.78 is 5.05. The van der Waals surface area contributed by atoms with Crippen LogP contribution in [0.3, 0.4) is 0 Å². The van der Waals surface area contributed by atoms with Gasteiger partial charge in [-0.25, -0.2) is 4.98 Å². The van der Waals surface area contributed by atoms with Gasteiger partial charge in [0.05, 0.1) is 7.11 Å². The van der Waals surface area contributed by atoms with E-state index in [1.54, 1.807) is 13.2 Å². The summed E-state index contributed by atoms with van der Waals surface area (Å²) in [7, 11) is 1.58. The van der Waals surface area contributed by atoms with Gasteiger partial charge in [-0.2, -0.15) is 4.98 Å². The molecule has 0 saturated heterocycles. The number of hydrogen-bond donors (Lipinski definition) is 2. The third-order valence-corrected chi connectivity index (χ3v) is 1.75. The van der Waals surface area contributed by atoms with Crippen molar-refractivity contribution in [2.75, 3.05) is 19.0 Å². The van der Waals surface area contributed by atoms with E-state index in [1.807, 2.05) is 20.8 Å². The number of hydrogen-bond acceptors (Lipinski definition) is 5. The summed E-state index contributed by atoms with van der Waals surface area (Å²) in [6, 6.07) is 1.75. The molecule has 84 valence electrons. The zero-order valence-electron chi connectivity index (χ0n) is 9.66. The minimum absolute atomic E-state index is 0.272. The molecule has 1 aromatic heterocycles. The molecule has 0 unspecified atom stereocenters. The van der Waals surface area contributed by atoms with Gasteiger partial charge in [-0.05, 0) is 20.8 Å². The lowest BCUT2D eigenvalue weighted by Crippen LogP contribution is -2.39. The van der Waals surface area contributed by atoms with E-state index in [-0.39, 0.29) is 5.54 Å². The van der Waals surface area contributed by atoms with Crippen LogP contribution in [0.25, 0.3) is 0 Å². The lowest BCUT2D eigenvalue weighted by atomic mass is 10.1. The summed E-state index contributed by atoms with van der Waals surface area (Å²) >= 11 is 0. The molecule has 0 amide bonds. The Hall–Kier alpha value is -1.36. The molecule has 5 nitrogen and oxygen atoms in total. The molecular weight excluding hydrogens is 192 g/mol. The zero-order valence-corrected chi connectivity index (χ0v) is 9.66. The van der Waals surface area contributed by atoms with Crippen LogP contribution in [0.4, 0.5) is 5.82 Å². The molecule has 0 aromatic carbocycles. The van der Waals surface area contributed by atoms with Crippen LogP contribution in [0.15, 0.2) is 6.07 Å². The number of ether oxygens (including phenoxy) is 1. The first kappa shape index (κ1) is 11.7. The van der Waals surface area contributed by atoms with E-state index in [2.05, 4.69) is 15.3 Å². The molecule has 15 heavy (non-hydrogen) atoms. The fourth-order valence-corrected chi connectivity index (χ4v) is 1.05. The fourth-order valence-electron chi connectivity index (χ4n) is 1.05. The van der Waals surface area contributed by atoms with Crippen LogP contribution in [0.2, 0.25) is 0 Å². The number of aryl methyl sites for hydroxylation is 1. The summed E-state index contributed by atoms with van der Waals surface area (Å²) in [6.45, 7) is 6.37. The van der Waals surface area contributed by atoms with Crippen molar-refractivity contribution in [1.82, 2.24) is 9.97 Å². The van der Waals surface area contributed by atoms with Gasteiger partial charge in [0, 0.05) is 18.2 Å². The largest absolute Gasteiger partial charge is 0.481 e. The molecule has 0 aliphatic carbocycles. The summed E-state index contributed by atoms with van der Waals surface area (Å²) in [4.78, 5) is 8.32. The topological polar surface area (TPSA) is 73.1 Å². The standard InChI is InChI=1S/C10H18N4O/c1-7-13-8(5-9(14-7)15-4)12-6-10(2,3)11/h5H,6,11H2,1-4H3,(H,12,13,14). The first-order valence-corrected chi connectivity index (χ1v) is 4.83. The van der Waals surface area contributed by atoms with Crippen molar-refractivity contribution in [3.8, 4) is 5.88 Å². The van der Waals surface area contributed by atoms with Gasteiger partial charge in [0.1, 0.15) is 11.6 Å². The Labute approximate surface area is 90.1 Å². The molecule has 5 heteroatoms. The van der Waals surface area contributed by atoms with Gasteiger partial charge in [-0.3, -0.25) is 0 Å². The van der Waals surface area contributed by atoms with E-state index in [4.69, 9.17) is 10.5 Å². The molecule has 0 aliphatic heterocycles. The van der Waals surface area contributed by atoms with Crippen LogP contribution in [0.5, 0.6) is 5.88 Å². The van der Waals surface area contributed by atoms with Gasteiger partial charge in [0.2, 0.25) is 5.88 Å². The number of methoxy groups -OCH3 is 1. The summed E-state index contributed by atoms with van der Waals surface area (Å²) in [5.74, 6) is 1.96. The van der Waals surface area contributed by atoms with Crippen LogP contribution >= 0.6 is 0 Å². The summed E-state index contributed by atoms with van der Waals surface area (Å²) in [5, 5.41) is 3.14. The van der Waals surface area contributed by atoms with Gasteiger partial charge in [-0.1, -0.05) is 0 Å². The summed E-state index contributed by atoms with van der Waals surface area (Å²) in [5.41, 5.74) is 5.58. The van der Waals surface area contributed by atoms with Crippen molar-refractivity contribution in [3.05, 3.63) is 11.9 Å². The molecule has 3 N–H and O–H groups in total. The molecule has 1 aromatic rings. The van der Waals surface area contributed by atoms with Gasteiger partial charge in [0.25, 0.3) is 0 Å². The summed E-state index contributed by atoms with van der Waals surface area (Å²) in [6.07, 6.45) is 0. The highest BCUT2D eigenvalue weighted by Gasteiger charge is 2.10. The number of nitrogens with one attached hydrogen (secondary N) is 1. The van der Waals surface area contributed by atoms with Crippen molar-refractivity contribution in [1.29, 1.82) is 0 Å². The van der Waals surface area contributed by atoms with E-state index in [0.717, 1.165) is 5.82 Å². The van der Waals surface area contributed by atoms with E-state index >= 15 is 0 Å². The Morgan fingerprint density at radius 1 is 1.47 bits per heavy atom. The predicted molar refractivity (Wildman–Crippen MR) is 60.1 cm³/mol. The minimum atomic E-state index is -0.272. The van der Waals surface area contributed by atoms with Crippen molar-refractivity contribution < 1.29 is 4.74 Å². The number of nitrogens with zero attached hydrogens (tertiary/aromatic N) is 2. The molecule has 0 radical (unpaired) electrons. The maximum atomic E-state index is 5.85. The van der Waals surface area contributed by atoms with E-state index < -0.39 is 0 Å². The Morgan fingerprint density at radius 3 is 2.67 bits per heavy atom. The first-order valence-electron chi connectivity index (χ1n) is 4.83. The van der Waals surface area contributed by atoms with Crippen LogP contribution in [-0.4, -0.2) is 29.2 Å². The second kappa shape index (κ2) is 4.44. The quantitative estimate of drug-likeness (QED) is 0.773. The Balaban J connectivity index is 2.73. The fraction of sp³-hybridized carbons (Fsp3) is 0.600. The Kier molecular flexibility index (Phi) is 3.47. The smallest absolute Gasteiger partial charge is 0.218 e. The SMILES string of the molecule is COc1cc(NCC(C)(C)N)nc(C)n1. The van der Waals surface area contributed by atoms with E-state index in [9.17, 15) is 0 Å². The Bertz CT molecular complexity index is 333. The van der Waals surface area contributed by atoms with Crippen LogP contribution in [0.1, 0.15) is 19.7 Å². The lowest BCUT2D eigenvalue weighted by Gasteiger charge is -2.19. The van der Waals surface area contributed by atoms with Crippen molar-refractivity contribution >= 4 is 5.82 Å². The maximum Gasteiger partial charge on any atom is 0.218 e. The molecule has 0 spiro atoms. The second-order valence-electron chi connectivity index (χ2n) is 4.18. The number of aromatic nitrogens is 2. The second-order valence-corrected chi connectivity index (χ2v) is 4.18. The number of nitrogens with two attached hydrogens (primary N) is 1. The molecule has 0 fully saturated rings. The normalized spacial score (nSPS) is 11.3. The van der Waals surface area contributed by atoms with Crippen LogP contribution in [-0.2, 0) is 0 Å². The highest BCUT2D eigenvalue weighted by Crippen LogP contribution is 2.13. The van der Waals surface area contributed by atoms with E-state index in [1.165, 1.54) is 0 Å². The third kappa shape index (κ3) is 4.12. The average Bonchev–Trinajstić information content (AvgIpc) is 2.13. The highest BCUT2D eigenvalue weighted by atomic mass is 16.5. The minimum Gasteiger partial charge on any atom is -0.481 e. The van der Waals surface area contributed by atoms with Crippen molar-refractivity contribution in [3.63, 3.8) is 0 Å². The third-order valence-electron chi connectivity index (χ3n) is 1.75.